The van der Waals surface area contributed by atoms with Gasteiger partial charge in [0, 0.05) is 24.4 Å². The summed E-state index contributed by atoms with van der Waals surface area (Å²) in [4.78, 5) is 33.9. The Morgan fingerprint density at radius 1 is 1.04 bits per heavy atom. The van der Waals surface area contributed by atoms with Crippen molar-refractivity contribution in [1.29, 1.82) is 0 Å². The molecule has 0 heterocycles. The van der Waals surface area contributed by atoms with Gasteiger partial charge in [0.25, 0.3) is 17.5 Å². The SMILES string of the molecule is CNC(=O)c1ccc(NC(=S)NC(=O)c2ccccc2[N+](=O)[O-])cc1. The summed E-state index contributed by atoms with van der Waals surface area (Å²) in [5.74, 6) is -0.911. The Morgan fingerprint density at radius 2 is 1.68 bits per heavy atom. The van der Waals surface area contributed by atoms with Gasteiger partial charge >= 0.3 is 0 Å². The fourth-order valence-electron chi connectivity index (χ4n) is 2.01. The van der Waals surface area contributed by atoms with Gasteiger partial charge in [-0.3, -0.25) is 25.0 Å². The van der Waals surface area contributed by atoms with Crippen LogP contribution in [-0.2, 0) is 0 Å². The predicted molar refractivity (Wildman–Crippen MR) is 96.6 cm³/mol. The molecule has 0 fully saturated rings. The summed E-state index contributed by atoms with van der Waals surface area (Å²) in [6, 6.07) is 12.0. The van der Waals surface area contributed by atoms with Crippen LogP contribution in [0.25, 0.3) is 0 Å². The van der Waals surface area contributed by atoms with E-state index in [1.165, 1.54) is 31.3 Å². The van der Waals surface area contributed by atoms with Gasteiger partial charge in [-0.25, -0.2) is 0 Å². The van der Waals surface area contributed by atoms with E-state index in [-0.39, 0.29) is 22.3 Å². The highest BCUT2D eigenvalue weighted by molar-refractivity contribution is 7.80. The Labute approximate surface area is 148 Å². The lowest BCUT2D eigenvalue weighted by Crippen LogP contribution is -2.34. The van der Waals surface area contributed by atoms with E-state index in [0.29, 0.717) is 11.3 Å². The van der Waals surface area contributed by atoms with E-state index in [2.05, 4.69) is 16.0 Å². The van der Waals surface area contributed by atoms with E-state index in [1.54, 1.807) is 24.3 Å². The largest absolute Gasteiger partial charge is 0.355 e. The Balaban J connectivity index is 2.04. The summed E-state index contributed by atoms with van der Waals surface area (Å²) in [6.45, 7) is 0. The van der Waals surface area contributed by atoms with Gasteiger partial charge in [-0.15, -0.1) is 0 Å². The van der Waals surface area contributed by atoms with Crippen molar-refractivity contribution in [3.05, 3.63) is 69.8 Å². The highest BCUT2D eigenvalue weighted by Crippen LogP contribution is 2.17. The zero-order valence-corrected chi connectivity index (χ0v) is 13.9. The molecule has 2 aromatic rings. The van der Waals surface area contributed by atoms with Crippen molar-refractivity contribution < 1.29 is 14.5 Å². The third-order valence-corrected chi connectivity index (χ3v) is 3.41. The van der Waals surface area contributed by atoms with Crippen molar-refractivity contribution in [1.82, 2.24) is 10.6 Å². The van der Waals surface area contributed by atoms with Gasteiger partial charge in [-0.05, 0) is 42.5 Å². The van der Waals surface area contributed by atoms with Gasteiger partial charge in [-0.1, -0.05) is 12.1 Å². The number of para-hydroxylation sites is 1. The molecule has 0 bridgehead atoms. The molecule has 0 unspecified atom stereocenters. The molecule has 0 spiro atoms. The minimum Gasteiger partial charge on any atom is -0.355 e. The Kier molecular flexibility index (Phi) is 5.75. The van der Waals surface area contributed by atoms with Crippen LogP contribution in [0.5, 0.6) is 0 Å². The van der Waals surface area contributed by atoms with Gasteiger partial charge in [-0.2, -0.15) is 0 Å². The summed E-state index contributed by atoms with van der Waals surface area (Å²) in [5.41, 5.74) is 0.632. The second-order valence-electron chi connectivity index (χ2n) is 4.84. The number of benzene rings is 2. The highest BCUT2D eigenvalue weighted by atomic mass is 32.1. The van der Waals surface area contributed by atoms with E-state index in [9.17, 15) is 19.7 Å². The summed E-state index contributed by atoms with van der Waals surface area (Å²) in [6.07, 6.45) is 0. The minimum absolute atomic E-state index is 0.0177. The maximum absolute atomic E-state index is 12.2. The van der Waals surface area contributed by atoms with Gasteiger partial charge in [0.15, 0.2) is 5.11 Å². The number of thiocarbonyl (C=S) groups is 1. The van der Waals surface area contributed by atoms with Gasteiger partial charge in [0.05, 0.1) is 4.92 Å². The van der Waals surface area contributed by atoms with Crippen LogP contribution < -0.4 is 16.0 Å². The topological polar surface area (TPSA) is 113 Å². The van der Waals surface area contributed by atoms with Crippen LogP contribution in [0.2, 0.25) is 0 Å². The van der Waals surface area contributed by atoms with Crippen LogP contribution in [0.3, 0.4) is 0 Å². The first-order valence-electron chi connectivity index (χ1n) is 7.10. The number of rotatable bonds is 4. The summed E-state index contributed by atoms with van der Waals surface area (Å²) in [7, 11) is 1.53. The summed E-state index contributed by atoms with van der Waals surface area (Å²) < 4.78 is 0. The number of hydrogen-bond acceptors (Lipinski definition) is 5. The second-order valence-corrected chi connectivity index (χ2v) is 5.25. The molecular weight excluding hydrogens is 344 g/mol. The third-order valence-electron chi connectivity index (χ3n) is 3.20. The summed E-state index contributed by atoms with van der Waals surface area (Å²) >= 11 is 5.04. The monoisotopic (exact) mass is 358 g/mol. The normalized spacial score (nSPS) is 9.80. The number of amides is 2. The van der Waals surface area contributed by atoms with Crippen LogP contribution in [-0.4, -0.2) is 28.9 Å². The lowest BCUT2D eigenvalue weighted by atomic mass is 10.1. The lowest BCUT2D eigenvalue weighted by Gasteiger charge is -2.10. The Bertz CT molecular complexity index is 836. The van der Waals surface area contributed by atoms with E-state index in [1.807, 2.05) is 0 Å². The Hall–Kier alpha value is -3.33. The van der Waals surface area contributed by atoms with E-state index in [0.717, 1.165) is 0 Å². The number of nitrogens with one attached hydrogen (secondary N) is 3. The number of hydrogen-bond donors (Lipinski definition) is 3. The molecule has 2 aromatic carbocycles. The standard InChI is InChI=1S/C16H14N4O4S/c1-17-14(21)10-6-8-11(9-7-10)18-16(25)19-15(22)12-4-2-3-5-13(12)20(23)24/h2-9H,1H3,(H,17,21)(H2,18,19,22,25). The quantitative estimate of drug-likeness (QED) is 0.438. The number of nitro benzene ring substituents is 1. The zero-order chi connectivity index (χ0) is 18.4. The smallest absolute Gasteiger partial charge is 0.282 e. The molecule has 2 amide bonds. The van der Waals surface area contributed by atoms with Crippen LogP contribution in [0.15, 0.2) is 48.5 Å². The van der Waals surface area contributed by atoms with Gasteiger partial charge < -0.3 is 10.6 Å². The molecular formula is C16H14N4O4S. The fourth-order valence-corrected chi connectivity index (χ4v) is 2.22. The molecule has 128 valence electrons. The maximum Gasteiger partial charge on any atom is 0.282 e. The van der Waals surface area contributed by atoms with Crippen LogP contribution >= 0.6 is 12.2 Å². The summed E-state index contributed by atoms with van der Waals surface area (Å²) in [5, 5.41) is 18.6. The molecule has 3 N–H and O–H groups in total. The number of carbonyl (C=O) groups excluding carboxylic acids is 2. The molecule has 0 aliphatic rings. The van der Waals surface area contributed by atoms with Gasteiger partial charge in [0.2, 0.25) is 0 Å². The maximum atomic E-state index is 12.2. The highest BCUT2D eigenvalue weighted by Gasteiger charge is 2.19. The average molecular weight is 358 g/mol. The predicted octanol–water partition coefficient (Wildman–Crippen LogP) is 2.08. The molecule has 0 aliphatic heterocycles. The van der Waals surface area contributed by atoms with E-state index in [4.69, 9.17) is 12.2 Å². The molecule has 0 saturated heterocycles. The minimum atomic E-state index is -0.688. The molecule has 0 aliphatic carbocycles. The number of nitrogens with zero attached hydrogens (tertiary/aromatic N) is 1. The number of anilines is 1. The zero-order valence-electron chi connectivity index (χ0n) is 13.1. The van der Waals surface area contributed by atoms with Crippen LogP contribution in [0.4, 0.5) is 11.4 Å². The lowest BCUT2D eigenvalue weighted by molar-refractivity contribution is -0.385. The van der Waals surface area contributed by atoms with Crippen molar-refractivity contribution in [3.63, 3.8) is 0 Å². The van der Waals surface area contributed by atoms with Crippen molar-refractivity contribution in [2.24, 2.45) is 0 Å². The number of carbonyl (C=O) groups is 2. The fraction of sp³-hybridized carbons (Fsp3) is 0.0625. The van der Waals surface area contributed by atoms with Crippen LogP contribution in [0.1, 0.15) is 20.7 Å². The first-order chi connectivity index (χ1) is 11.9. The van der Waals surface area contributed by atoms with Crippen molar-refractivity contribution in [2.75, 3.05) is 12.4 Å². The molecule has 0 radical (unpaired) electrons. The van der Waals surface area contributed by atoms with Crippen molar-refractivity contribution >= 4 is 40.5 Å². The second kappa shape index (κ2) is 7.97. The first-order valence-corrected chi connectivity index (χ1v) is 7.51. The molecule has 0 saturated carbocycles. The molecule has 9 heteroatoms. The van der Waals surface area contributed by atoms with Crippen molar-refractivity contribution in [2.45, 2.75) is 0 Å². The first kappa shape index (κ1) is 18.0. The Morgan fingerprint density at radius 3 is 2.28 bits per heavy atom. The average Bonchev–Trinajstić information content (AvgIpc) is 2.61. The number of nitro groups is 1. The molecule has 0 aromatic heterocycles. The van der Waals surface area contributed by atoms with E-state index >= 15 is 0 Å². The van der Waals surface area contributed by atoms with Crippen molar-refractivity contribution in [3.8, 4) is 0 Å². The molecule has 2 rings (SSSR count). The molecule has 0 atom stereocenters. The van der Waals surface area contributed by atoms with Crippen LogP contribution in [0, 0.1) is 10.1 Å². The third kappa shape index (κ3) is 4.58. The van der Waals surface area contributed by atoms with E-state index < -0.39 is 10.8 Å². The van der Waals surface area contributed by atoms with Gasteiger partial charge in [0.1, 0.15) is 5.56 Å². The molecule has 8 nitrogen and oxygen atoms in total. The molecule has 25 heavy (non-hydrogen) atoms.